The van der Waals surface area contributed by atoms with E-state index >= 15 is 0 Å². The number of nitrogens with one attached hydrogen (secondary N) is 1. The third kappa shape index (κ3) is 4.69. The van der Waals surface area contributed by atoms with Gasteiger partial charge in [-0.3, -0.25) is 4.79 Å². The van der Waals surface area contributed by atoms with Crippen LogP contribution in [0.15, 0.2) is 54.9 Å². The molecule has 4 aromatic rings. The lowest BCUT2D eigenvalue weighted by atomic mass is 9.90. The molecule has 2 unspecified atom stereocenters. The molecule has 7 nitrogen and oxygen atoms in total. The smallest absolute Gasteiger partial charge is 0.420 e. The van der Waals surface area contributed by atoms with Crippen molar-refractivity contribution < 1.29 is 27.1 Å². The molecule has 11 heteroatoms. The first-order valence-electron chi connectivity index (χ1n) is 14.0. The molecular formula is C31H29F4N5O2. The number of pyridine rings is 2. The molecule has 4 atom stereocenters. The monoisotopic (exact) mass is 579 g/mol. The minimum absolute atomic E-state index is 0.0263. The van der Waals surface area contributed by atoms with Gasteiger partial charge >= 0.3 is 6.18 Å². The molecule has 1 amide bonds. The van der Waals surface area contributed by atoms with Crippen LogP contribution in [0.2, 0.25) is 0 Å². The maximum atomic E-state index is 13.8. The van der Waals surface area contributed by atoms with E-state index in [0.717, 1.165) is 36.6 Å². The molecule has 0 spiro atoms. The first kappa shape index (κ1) is 26.9. The van der Waals surface area contributed by atoms with Crippen molar-refractivity contribution in [2.75, 3.05) is 19.6 Å². The van der Waals surface area contributed by atoms with Gasteiger partial charge in [0, 0.05) is 54.5 Å². The van der Waals surface area contributed by atoms with Crippen molar-refractivity contribution in [1.82, 2.24) is 24.6 Å². The Morgan fingerprint density at radius 2 is 1.81 bits per heavy atom. The Kier molecular flexibility index (Phi) is 6.09. The third-order valence-electron chi connectivity index (χ3n) is 8.83. The largest absolute Gasteiger partial charge is 0.474 e. The average molecular weight is 580 g/mol. The SMILES string of the molecule is Cc1cn2cc(C(=O)N3C[C@@H]4C(Oc5cc(C6(C)CCCN6)cc(-c6ccc(F)cc6)n5)[C@@H]4C3)cc(C(F)(F)F)c2n1. The van der Waals surface area contributed by atoms with Crippen LogP contribution in [0.4, 0.5) is 17.6 Å². The minimum Gasteiger partial charge on any atom is -0.474 e. The van der Waals surface area contributed by atoms with Gasteiger partial charge in [0.25, 0.3) is 5.91 Å². The fraction of sp³-hybridized carbons (Fsp3) is 0.387. The van der Waals surface area contributed by atoms with E-state index in [9.17, 15) is 22.4 Å². The van der Waals surface area contributed by atoms with Gasteiger partial charge in [-0.05, 0) is 75.2 Å². The number of rotatable bonds is 5. The first-order chi connectivity index (χ1) is 20.0. The molecule has 5 heterocycles. The molecule has 3 aliphatic rings. The number of piperidine rings is 1. The number of alkyl halides is 3. The Balaban J connectivity index is 1.10. The van der Waals surface area contributed by atoms with Crippen LogP contribution in [0.3, 0.4) is 0 Å². The number of benzene rings is 1. The van der Waals surface area contributed by atoms with Crippen LogP contribution in [-0.2, 0) is 11.7 Å². The molecule has 0 radical (unpaired) electrons. The van der Waals surface area contributed by atoms with Crippen LogP contribution < -0.4 is 10.1 Å². The summed E-state index contributed by atoms with van der Waals surface area (Å²) < 4.78 is 62.5. The number of hydrogen-bond donors (Lipinski definition) is 1. The number of fused-ring (bicyclic) bond motifs is 2. The number of imidazole rings is 1. The van der Waals surface area contributed by atoms with Crippen LogP contribution >= 0.6 is 0 Å². The number of hydrogen-bond acceptors (Lipinski definition) is 5. The van der Waals surface area contributed by atoms with E-state index in [4.69, 9.17) is 9.72 Å². The van der Waals surface area contributed by atoms with Crippen LogP contribution in [0.5, 0.6) is 5.88 Å². The van der Waals surface area contributed by atoms with Crippen LogP contribution in [0.1, 0.15) is 46.9 Å². The summed E-state index contributed by atoms with van der Waals surface area (Å²) in [6.45, 7) is 5.45. The number of likely N-dealkylation sites (tertiary alicyclic amines) is 1. The van der Waals surface area contributed by atoms with Crippen molar-refractivity contribution in [3.63, 3.8) is 0 Å². The lowest BCUT2D eigenvalue weighted by Gasteiger charge is -2.26. The van der Waals surface area contributed by atoms with Crippen molar-refractivity contribution in [3.8, 4) is 17.1 Å². The normalized spacial score (nSPS) is 25.2. The van der Waals surface area contributed by atoms with Gasteiger partial charge in [-0.2, -0.15) is 13.2 Å². The lowest BCUT2D eigenvalue weighted by molar-refractivity contribution is -0.136. The van der Waals surface area contributed by atoms with Crippen molar-refractivity contribution in [1.29, 1.82) is 0 Å². The predicted molar refractivity (Wildman–Crippen MR) is 146 cm³/mol. The van der Waals surface area contributed by atoms with Crippen molar-refractivity contribution in [2.24, 2.45) is 11.8 Å². The maximum Gasteiger partial charge on any atom is 0.420 e. The van der Waals surface area contributed by atoms with Crippen molar-refractivity contribution in [3.05, 3.63) is 83.1 Å². The number of carbonyl (C=O) groups excluding carboxylic acids is 1. The highest BCUT2D eigenvalue weighted by Crippen LogP contribution is 2.48. The molecular weight excluding hydrogens is 550 g/mol. The molecule has 1 aliphatic carbocycles. The number of amides is 1. The van der Waals surface area contributed by atoms with E-state index in [1.807, 2.05) is 12.1 Å². The van der Waals surface area contributed by atoms with Crippen LogP contribution in [-0.4, -0.2) is 50.9 Å². The Labute approximate surface area is 239 Å². The van der Waals surface area contributed by atoms with Crippen LogP contribution in [0.25, 0.3) is 16.9 Å². The summed E-state index contributed by atoms with van der Waals surface area (Å²) in [7, 11) is 0. The fourth-order valence-electron chi connectivity index (χ4n) is 6.47. The summed E-state index contributed by atoms with van der Waals surface area (Å²) in [6, 6.07) is 11.0. The zero-order valence-electron chi connectivity index (χ0n) is 23.1. The molecule has 1 saturated carbocycles. The summed E-state index contributed by atoms with van der Waals surface area (Å²) >= 11 is 0. The van der Waals surface area contributed by atoms with Crippen LogP contribution in [0, 0.1) is 24.6 Å². The van der Waals surface area contributed by atoms with Gasteiger partial charge in [0.15, 0.2) is 0 Å². The van der Waals surface area contributed by atoms with Crippen molar-refractivity contribution in [2.45, 2.75) is 44.5 Å². The molecule has 3 fully saturated rings. The van der Waals surface area contributed by atoms with E-state index in [0.29, 0.717) is 30.4 Å². The standard InChI is InChI=1S/C31H29F4N5O2/c1-17-13-39-14-19(10-24(28(39)37-17)31(33,34)35)29(41)40-15-22-23(16-40)27(22)42-26-12-20(30(2)8-3-9-36-30)11-25(38-26)18-4-6-21(32)7-5-18/h4-7,10-14,22-23,27,36H,3,8-9,15-16H2,1-2H3/t22-,23+,27?,30?. The fourth-order valence-corrected chi connectivity index (χ4v) is 6.47. The molecule has 2 saturated heterocycles. The van der Waals surface area contributed by atoms with E-state index < -0.39 is 17.6 Å². The second kappa shape index (κ2) is 9.52. The van der Waals surface area contributed by atoms with Gasteiger partial charge in [0.1, 0.15) is 17.6 Å². The van der Waals surface area contributed by atoms with Gasteiger partial charge in [-0.25, -0.2) is 14.4 Å². The van der Waals surface area contributed by atoms with E-state index in [1.165, 1.54) is 28.9 Å². The molecule has 1 N–H and O–H groups in total. The maximum absolute atomic E-state index is 13.8. The second-order valence-electron chi connectivity index (χ2n) is 11.8. The zero-order valence-corrected chi connectivity index (χ0v) is 23.1. The van der Waals surface area contributed by atoms with Gasteiger partial charge in [-0.15, -0.1) is 0 Å². The van der Waals surface area contributed by atoms with Crippen molar-refractivity contribution >= 4 is 11.6 Å². The van der Waals surface area contributed by atoms with Gasteiger partial charge in [-0.1, -0.05) is 0 Å². The minimum atomic E-state index is -4.64. The predicted octanol–water partition coefficient (Wildman–Crippen LogP) is 5.61. The highest BCUT2D eigenvalue weighted by atomic mass is 19.4. The van der Waals surface area contributed by atoms with E-state index in [2.05, 4.69) is 17.2 Å². The highest BCUT2D eigenvalue weighted by molar-refractivity contribution is 5.95. The summed E-state index contributed by atoms with van der Waals surface area (Å²) in [5.74, 6) is -0.172. The molecule has 3 aromatic heterocycles. The summed E-state index contributed by atoms with van der Waals surface area (Å²) in [5.41, 5.74) is 1.53. The first-order valence-corrected chi connectivity index (χ1v) is 14.0. The molecule has 2 aliphatic heterocycles. The zero-order chi connectivity index (χ0) is 29.4. The summed E-state index contributed by atoms with van der Waals surface area (Å²) in [6.07, 6.45) is 0.123. The Bertz CT molecular complexity index is 1680. The number of halogens is 4. The molecule has 218 valence electrons. The molecule has 1 aromatic carbocycles. The number of ether oxygens (including phenoxy) is 1. The Morgan fingerprint density at radius 1 is 1.07 bits per heavy atom. The average Bonchev–Trinajstić information content (AvgIpc) is 3.39. The lowest BCUT2D eigenvalue weighted by Crippen LogP contribution is -2.34. The Morgan fingerprint density at radius 3 is 2.48 bits per heavy atom. The number of carbonyl (C=O) groups is 1. The molecule has 7 rings (SSSR count). The van der Waals surface area contributed by atoms with Gasteiger partial charge in [0.2, 0.25) is 5.88 Å². The van der Waals surface area contributed by atoms with E-state index in [1.54, 1.807) is 24.0 Å². The quantitative estimate of drug-likeness (QED) is 0.311. The van der Waals surface area contributed by atoms with E-state index in [-0.39, 0.29) is 40.5 Å². The Hall–Kier alpha value is -3.99. The number of nitrogens with zero attached hydrogens (tertiary/aromatic N) is 4. The van der Waals surface area contributed by atoms with Gasteiger partial charge < -0.3 is 19.4 Å². The molecule has 42 heavy (non-hydrogen) atoms. The number of aromatic nitrogens is 3. The molecule has 0 bridgehead atoms. The third-order valence-corrected chi connectivity index (χ3v) is 8.83. The highest BCUT2D eigenvalue weighted by Gasteiger charge is 2.59. The second-order valence-corrected chi connectivity index (χ2v) is 11.8. The topological polar surface area (TPSA) is 71.8 Å². The summed E-state index contributed by atoms with van der Waals surface area (Å²) in [5, 5.41) is 3.57. The number of aryl methyl sites for hydroxylation is 1. The summed E-state index contributed by atoms with van der Waals surface area (Å²) in [4.78, 5) is 23.6. The van der Waals surface area contributed by atoms with Gasteiger partial charge in [0.05, 0.1) is 22.5 Å².